The van der Waals surface area contributed by atoms with Gasteiger partial charge in [-0.05, 0) is 53.3 Å². The number of rotatable bonds is 6. The molecule has 1 amide bonds. The molecule has 7 rings (SSSR count). The number of carbonyl (C=O) groups is 3. The first kappa shape index (κ1) is 27.5. The summed E-state index contributed by atoms with van der Waals surface area (Å²) in [6.45, 7) is 4.34. The summed E-state index contributed by atoms with van der Waals surface area (Å²) in [6.07, 6.45) is 4.93. The second-order valence-electron chi connectivity index (χ2n) is 12.1. The van der Waals surface area contributed by atoms with Gasteiger partial charge in [-0.3, -0.25) is 14.4 Å². The summed E-state index contributed by atoms with van der Waals surface area (Å²) in [6, 6.07) is 28.9. The fourth-order valence-electron chi connectivity index (χ4n) is 7.37. The maximum absolute atomic E-state index is 14.9. The van der Waals surface area contributed by atoms with Crippen molar-refractivity contribution in [1.82, 2.24) is 0 Å². The molecule has 5 nitrogen and oxygen atoms in total. The highest BCUT2D eigenvalue weighted by Crippen LogP contribution is 2.58. The number of amides is 1. The average Bonchev–Trinajstić information content (AvgIpc) is 3.48. The van der Waals surface area contributed by atoms with Crippen LogP contribution >= 0.6 is 15.9 Å². The lowest BCUT2D eigenvalue weighted by atomic mass is 9.63. The van der Waals surface area contributed by atoms with Crippen LogP contribution in [-0.2, 0) is 16.6 Å². The number of benzene rings is 4. The summed E-state index contributed by atoms with van der Waals surface area (Å²) in [5, 5.41) is 3.07. The van der Waals surface area contributed by atoms with Crippen molar-refractivity contribution in [3.63, 3.8) is 0 Å². The van der Waals surface area contributed by atoms with Crippen LogP contribution in [0.25, 0.3) is 6.08 Å². The number of ketones is 2. The van der Waals surface area contributed by atoms with Crippen LogP contribution in [0, 0.1) is 11.8 Å². The third-order valence-electron chi connectivity index (χ3n) is 9.09. The van der Waals surface area contributed by atoms with E-state index in [0.29, 0.717) is 28.3 Å². The molecule has 4 aromatic carbocycles. The van der Waals surface area contributed by atoms with E-state index < -0.39 is 23.4 Å². The molecule has 6 heteroatoms. The molecule has 3 aliphatic heterocycles. The highest BCUT2D eigenvalue weighted by molar-refractivity contribution is 9.10. The van der Waals surface area contributed by atoms with E-state index in [0.717, 1.165) is 27.7 Å². The molecule has 1 fully saturated rings. The van der Waals surface area contributed by atoms with Gasteiger partial charge in [0.1, 0.15) is 11.5 Å². The van der Waals surface area contributed by atoms with Crippen molar-refractivity contribution < 1.29 is 14.4 Å². The number of hydrogen-bond acceptors (Lipinski definition) is 4. The van der Waals surface area contributed by atoms with Gasteiger partial charge >= 0.3 is 0 Å². The van der Waals surface area contributed by atoms with Crippen LogP contribution in [0.2, 0.25) is 0 Å². The molecule has 0 radical (unpaired) electrons. The summed E-state index contributed by atoms with van der Waals surface area (Å²) < 4.78 is 0.854. The lowest BCUT2D eigenvalue weighted by Crippen LogP contribution is -2.55. The Morgan fingerprint density at radius 3 is 2.26 bits per heavy atom. The zero-order valence-electron chi connectivity index (χ0n) is 24.0. The number of hydrogen-bond donors (Lipinski definition) is 1. The maximum Gasteiger partial charge on any atom is 0.238 e. The standard InChI is InChI=1S/C37H31BrN2O3/c1-22(2)21-23-11-13-25(14-12-23)33(41)32-31-20-17-24-7-3-6-10-30(24)40(31)35(34(42)26-15-18-27(38)19-16-26)37(32)28-8-4-5-9-29(28)39-36(37)43/h3-20,22,31-32,35H,21H2,1-2H3,(H,39,43)/t31?,32-,35+,37+/m0/s1. The summed E-state index contributed by atoms with van der Waals surface area (Å²) >= 11 is 3.48. The number of nitrogens with zero attached hydrogens (tertiary/aromatic N) is 1. The summed E-state index contributed by atoms with van der Waals surface area (Å²) in [4.78, 5) is 46.3. The van der Waals surface area contributed by atoms with Crippen LogP contribution in [0.15, 0.2) is 108 Å². The molecule has 43 heavy (non-hydrogen) atoms. The van der Waals surface area contributed by atoms with Crippen LogP contribution in [0.1, 0.15) is 51.3 Å². The molecule has 0 bridgehead atoms. The topological polar surface area (TPSA) is 66.5 Å². The van der Waals surface area contributed by atoms with Crippen molar-refractivity contribution in [2.75, 3.05) is 10.2 Å². The van der Waals surface area contributed by atoms with E-state index in [2.05, 4.69) is 35.1 Å². The van der Waals surface area contributed by atoms with Gasteiger partial charge in [-0.15, -0.1) is 0 Å². The first-order valence-corrected chi connectivity index (χ1v) is 15.5. The van der Waals surface area contributed by atoms with E-state index in [1.807, 2.05) is 102 Å². The molecular formula is C37H31BrN2O3. The zero-order valence-corrected chi connectivity index (χ0v) is 25.5. The van der Waals surface area contributed by atoms with Crippen LogP contribution in [0.5, 0.6) is 0 Å². The molecule has 1 spiro atoms. The second kappa shape index (κ2) is 10.5. The largest absolute Gasteiger partial charge is 0.352 e. The van der Waals surface area contributed by atoms with Gasteiger partial charge in [-0.25, -0.2) is 0 Å². The van der Waals surface area contributed by atoms with Gasteiger partial charge in [0, 0.05) is 27.0 Å². The molecule has 0 saturated carbocycles. The highest BCUT2D eigenvalue weighted by Gasteiger charge is 2.70. The number of halogens is 1. The van der Waals surface area contributed by atoms with Crippen LogP contribution < -0.4 is 10.2 Å². The van der Waals surface area contributed by atoms with E-state index in [4.69, 9.17) is 0 Å². The SMILES string of the molecule is CC(C)Cc1ccc(C(=O)[C@@H]2C3C=Cc4ccccc4N3[C@H](C(=O)c3ccc(Br)cc3)[C@]23C(=O)Nc2ccccc23)cc1. The Labute approximate surface area is 259 Å². The molecule has 0 aliphatic carbocycles. The Kier molecular flexibility index (Phi) is 6.70. The van der Waals surface area contributed by atoms with E-state index >= 15 is 0 Å². The van der Waals surface area contributed by atoms with E-state index in [1.165, 1.54) is 0 Å². The number of nitrogens with one attached hydrogen (secondary N) is 1. The van der Waals surface area contributed by atoms with Crippen molar-refractivity contribution >= 4 is 50.9 Å². The Morgan fingerprint density at radius 2 is 1.51 bits per heavy atom. The molecule has 3 heterocycles. The minimum absolute atomic E-state index is 0.145. The predicted molar refractivity (Wildman–Crippen MR) is 174 cm³/mol. The van der Waals surface area contributed by atoms with Gasteiger partial charge in [0.25, 0.3) is 0 Å². The van der Waals surface area contributed by atoms with Crippen molar-refractivity contribution in [2.24, 2.45) is 11.8 Å². The van der Waals surface area contributed by atoms with Crippen LogP contribution in [0.4, 0.5) is 11.4 Å². The smallest absolute Gasteiger partial charge is 0.238 e. The Morgan fingerprint density at radius 1 is 0.860 bits per heavy atom. The number of anilines is 2. The van der Waals surface area contributed by atoms with E-state index in [9.17, 15) is 14.4 Å². The third kappa shape index (κ3) is 4.22. The van der Waals surface area contributed by atoms with Gasteiger partial charge in [0.05, 0.1) is 12.0 Å². The summed E-state index contributed by atoms with van der Waals surface area (Å²) in [5.41, 5.74) is 3.84. The zero-order chi connectivity index (χ0) is 29.9. The van der Waals surface area contributed by atoms with Crippen LogP contribution in [-0.4, -0.2) is 29.6 Å². The van der Waals surface area contributed by atoms with Crippen molar-refractivity contribution in [3.05, 3.63) is 135 Å². The third-order valence-corrected chi connectivity index (χ3v) is 9.62. The minimum Gasteiger partial charge on any atom is -0.352 e. The fourth-order valence-corrected chi connectivity index (χ4v) is 7.63. The first-order valence-electron chi connectivity index (χ1n) is 14.7. The summed E-state index contributed by atoms with van der Waals surface area (Å²) in [5.74, 6) is -1.02. The molecule has 1 N–H and O–H groups in total. The minimum atomic E-state index is -1.46. The lowest BCUT2D eigenvalue weighted by molar-refractivity contribution is -0.121. The first-order chi connectivity index (χ1) is 20.8. The Balaban J connectivity index is 1.48. The fraction of sp³-hybridized carbons (Fsp3) is 0.216. The Hall–Kier alpha value is -4.29. The second-order valence-corrected chi connectivity index (χ2v) is 13.0. The molecule has 0 aromatic heterocycles. The Bertz CT molecular complexity index is 1790. The normalized spacial score (nSPS) is 23.2. The van der Waals surface area contributed by atoms with E-state index in [1.54, 1.807) is 12.1 Å². The molecule has 4 aromatic rings. The summed E-state index contributed by atoms with van der Waals surface area (Å²) in [7, 11) is 0. The van der Waals surface area contributed by atoms with Crippen molar-refractivity contribution in [2.45, 2.75) is 37.8 Å². The molecular weight excluding hydrogens is 600 g/mol. The number of Topliss-reactive ketones (excluding diaryl/α,β-unsaturated/α-hetero) is 2. The molecule has 1 saturated heterocycles. The lowest BCUT2D eigenvalue weighted by Gasteiger charge is -2.37. The predicted octanol–water partition coefficient (Wildman–Crippen LogP) is 7.50. The van der Waals surface area contributed by atoms with Crippen molar-refractivity contribution in [1.29, 1.82) is 0 Å². The van der Waals surface area contributed by atoms with Gasteiger partial charge in [-0.2, -0.15) is 0 Å². The molecule has 214 valence electrons. The van der Waals surface area contributed by atoms with Crippen molar-refractivity contribution in [3.8, 4) is 0 Å². The maximum atomic E-state index is 14.9. The molecule has 4 atom stereocenters. The number of para-hydroxylation sites is 2. The molecule has 3 aliphatic rings. The highest BCUT2D eigenvalue weighted by atomic mass is 79.9. The number of fused-ring (bicyclic) bond motifs is 5. The van der Waals surface area contributed by atoms with Gasteiger partial charge in [0.2, 0.25) is 5.91 Å². The van der Waals surface area contributed by atoms with Crippen LogP contribution in [0.3, 0.4) is 0 Å². The van der Waals surface area contributed by atoms with Gasteiger partial charge in [-0.1, -0.05) is 115 Å². The average molecular weight is 632 g/mol. The van der Waals surface area contributed by atoms with E-state index in [-0.39, 0.29) is 17.5 Å². The molecule has 1 unspecified atom stereocenters. The van der Waals surface area contributed by atoms with Gasteiger partial charge < -0.3 is 10.2 Å². The quantitative estimate of drug-likeness (QED) is 0.224. The monoisotopic (exact) mass is 630 g/mol. The van der Waals surface area contributed by atoms with Gasteiger partial charge in [0.15, 0.2) is 11.6 Å². The number of carbonyl (C=O) groups excluding carboxylic acids is 3.